The molecule has 37 heavy (non-hydrogen) atoms. The molecule has 1 aliphatic carbocycles. The van der Waals surface area contributed by atoms with Crippen molar-refractivity contribution in [3.05, 3.63) is 18.6 Å². The van der Waals surface area contributed by atoms with Crippen molar-refractivity contribution >= 4 is 37.1 Å². The minimum absolute atomic E-state index is 0.0157. The lowest BCUT2D eigenvalue weighted by atomic mass is 9.98. The number of hydrogen-bond donors (Lipinski definition) is 1. The van der Waals surface area contributed by atoms with Crippen molar-refractivity contribution in [3.63, 3.8) is 0 Å². The molecule has 2 saturated heterocycles. The number of nitrogens with one attached hydrogen (secondary N) is 1. The Hall–Kier alpha value is -2.31. The van der Waals surface area contributed by atoms with Gasteiger partial charge < -0.3 is 9.88 Å². The van der Waals surface area contributed by atoms with Crippen LogP contribution in [0.25, 0.3) is 11.0 Å². The fraction of sp³-hybridized carbons (Fsp3) is 0.696. The van der Waals surface area contributed by atoms with Crippen LogP contribution in [-0.4, -0.2) is 102 Å². The molecule has 1 saturated carbocycles. The maximum Gasteiger partial charge on any atom is 0.282 e. The first-order valence-corrected chi connectivity index (χ1v) is 15.8. The third-order valence-electron chi connectivity index (χ3n) is 7.89. The SMILES string of the molecule is CN(CC1CCN(S(=O)(=O)CCCC#N)CC1)S(=O)(=O)N1CCN(c2ncnc3[nH]ccc23)CC12CC2. The number of aromatic amines is 1. The second-order valence-electron chi connectivity index (χ2n) is 10.4. The van der Waals surface area contributed by atoms with Crippen LogP contribution in [0, 0.1) is 17.2 Å². The van der Waals surface area contributed by atoms with Crippen LogP contribution in [-0.2, 0) is 20.2 Å². The van der Waals surface area contributed by atoms with E-state index in [1.54, 1.807) is 11.4 Å². The first kappa shape index (κ1) is 26.3. The van der Waals surface area contributed by atoms with Crippen LogP contribution in [0.2, 0.25) is 0 Å². The Bertz CT molecular complexity index is 1370. The molecule has 5 rings (SSSR count). The van der Waals surface area contributed by atoms with Crippen molar-refractivity contribution in [2.24, 2.45) is 5.92 Å². The summed E-state index contributed by atoms with van der Waals surface area (Å²) in [6, 6.07) is 3.93. The largest absolute Gasteiger partial charge is 0.353 e. The van der Waals surface area contributed by atoms with Crippen molar-refractivity contribution in [1.82, 2.24) is 27.9 Å². The topological polar surface area (TPSA) is 147 Å². The standard InChI is InChI=1S/C23H34N8O4S2/c1-28(16-19-5-11-30(12-6-19)36(32,33)15-3-2-9-24)37(34,35)31-14-13-29(17-23(31)7-8-23)22-20-4-10-25-21(20)26-18-27-22/h4,10,18-19H,2-3,5-8,11-17H2,1H3,(H,25,26,27). The van der Waals surface area contributed by atoms with Crippen LogP contribution in [0.4, 0.5) is 5.82 Å². The molecule has 1 spiro atoms. The van der Waals surface area contributed by atoms with Gasteiger partial charge in [0.2, 0.25) is 10.0 Å². The molecule has 202 valence electrons. The molecule has 0 radical (unpaired) electrons. The maximum absolute atomic E-state index is 13.7. The summed E-state index contributed by atoms with van der Waals surface area (Å²) in [5, 5.41) is 9.59. The summed E-state index contributed by atoms with van der Waals surface area (Å²) in [4.78, 5) is 14.0. The number of sulfonamides is 1. The number of H-pyrrole nitrogens is 1. The number of hydrogen-bond acceptors (Lipinski definition) is 8. The summed E-state index contributed by atoms with van der Waals surface area (Å²) >= 11 is 0. The Morgan fingerprint density at radius 3 is 2.62 bits per heavy atom. The van der Waals surface area contributed by atoms with Crippen LogP contribution in [0.3, 0.4) is 0 Å². The zero-order valence-corrected chi connectivity index (χ0v) is 22.7. The summed E-state index contributed by atoms with van der Waals surface area (Å²) in [5.41, 5.74) is 0.352. The number of aromatic nitrogens is 3. The van der Waals surface area contributed by atoms with Crippen LogP contribution in [0.5, 0.6) is 0 Å². The van der Waals surface area contributed by atoms with E-state index in [0.29, 0.717) is 58.5 Å². The predicted molar refractivity (Wildman–Crippen MR) is 139 cm³/mol. The Kier molecular flexibility index (Phi) is 7.18. The van der Waals surface area contributed by atoms with Gasteiger partial charge in [0, 0.05) is 58.9 Å². The quantitative estimate of drug-likeness (QED) is 0.457. The molecule has 0 bridgehead atoms. The van der Waals surface area contributed by atoms with Crippen molar-refractivity contribution in [2.45, 2.75) is 44.1 Å². The molecular weight excluding hydrogens is 516 g/mol. The fourth-order valence-electron chi connectivity index (χ4n) is 5.62. The summed E-state index contributed by atoms with van der Waals surface area (Å²) in [6.07, 6.45) is 6.81. The van der Waals surface area contributed by atoms with E-state index in [2.05, 4.69) is 19.9 Å². The number of piperazine rings is 1. The van der Waals surface area contributed by atoms with E-state index in [0.717, 1.165) is 29.7 Å². The Morgan fingerprint density at radius 2 is 1.92 bits per heavy atom. The molecule has 0 aromatic carbocycles. The van der Waals surface area contributed by atoms with Gasteiger partial charge in [-0.05, 0) is 44.1 Å². The molecule has 0 unspecified atom stereocenters. The number of rotatable bonds is 9. The molecule has 12 nitrogen and oxygen atoms in total. The van der Waals surface area contributed by atoms with E-state index in [1.807, 2.05) is 18.3 Å². The maximum atomic E-state index is 13.7. The zero-order chi connectivity index (χ0) is 26.3. The van der Waals surface area contributed by atoms with Crippen LogP contribution in [0.1, 0.15) is 38.5 Å². The average Bonchev–Trinajstić information content (AvgIpc) is 3.44. The Labute approximate surface area is 218 Å². The Morgan fingerprint density at radius 1 is 1.16 bits per heavy atom. The summed E-state index contributed by atoms with van der Waals surface area (Å²) < 4.78 is 57.0. The third kappa shape index (κ3) is 5.20. The molecule has 3 fully saturated rings. The van der Waals surface area contributed by atoms with Gasteiger partial charge in [-0.2, -0.15) is 22.3 Å². The van der Waals surface area contributed by atoms with Gasteiger partial charge >= 0.3 is 0 Å². The second-order valence-corrected chi connectivity index (χ2v) is 14.4. The lowest BCUT2D eigenvalue weighted by Gasteiger charge is -2.43. The molecule has 3 aliphatic rings. The van der Waals surface area contributed by atoms with Gasteiger partial charge in [-0.3, -0.25) is 0 Å². The number of nitrogens with zero attached hydrogens (tertiary/aromatic N) is 7. The highest BCUT2D eigenvalue weighted by Gasteiger charge is 2.56. The molecule has 4 heterocycles. The van der Waals surface area contributed by atoms with Crippen molar-refractivity contribution in [1.29, 1.82) is 5.26 Å². The average molecular weight is 551 g/mol. The molecule has 2 aromatic heterocycles. The molecule has 1 N–H and O–H groups in total. The normalized spacial score (nSPS) is 21.6. The van der Waals surface area contributed by atoms with Gasteiger partial charge in [0.05, 0.1) is 22.7 Å². The van der Waals surface area contributed by atoms with Gasteiger partial charge in [0.25, 0.3) is 10.2 Å². The van der Waals surface area contributed by atoms with E-state index < -0.39 is 25.8 Å². The van der Waals surface area contributed by atoms with Crippen LogP contribution >= 0.6 is 0 Å². The van der Waals surface area contributed by atoms with Gasteiger partial charge in [-0.15, -0.1) is 0 Å². The van der Waals surface area contributed by atoms with E-state index in [1.165, 1.54) is 14.9 Å². The number of anilines is 1. The van der Waals surface area contributed by atoms with E-state index in [4.69, 9.17) is 5.26 Å². The fourth-order valence-corrected chi connectivity index (χ4v) is 8.94. The predicted octanol–water partition coefficient (Wildman–Crippen LogP) is 1.13. The lowest BCUT2D eigenvalue weighted by molar-refractivity contribution is 0.221. The summed E-state index contributed by atoms with van der Waals surface area (Å²) in [5.74, 6) is 0.917. The van der Waals surface area contributed by atoms with E-state index in [9.17, 15) is 16.8 Å². The van der Waals surface area contributed by atoms with Gasteiger partial charge in [-0.1, -0.05) is 0 Å². The number of nitriles is 1. The lowest BCUT2D eigenvalue weighted by Crippen LogP contribution is -2.60. The number of piperidine rings is 1. The van der Waals surface area contributed by atoms with Crippen molar-refractivity contribution < 1.29 is 16.8 Å². The minimum Gasteiger partial charge on any atom is -0.353 e. The van der Waals surface area contributed by atoms with Gasteiger partial charge in [0.15, 0.2) is 0 Å². The number of fused-ring (bicyclic) bond motifs is 1. The highest BCUT2D eigenvalue weighted by Crippen LogP contribution is 2.47. The zero-order valence-electron chi connectivity index (χ0n) is 21.1. The molecular formula is C23H34N8O4S2. The highest BCUT2D eigenvalue weighted by molar-refractivity contribution is 7.89. The minimum atomic E-state index is -3.66. The van der Waals surface area contributed by atoms with Crippen LogP contribution < -0.4 is 4.90 Å². The van der Waals surface area contributed by atoms with Gasteiger partial charge in [-0.25, -0.2) is 22.7 Å². The molecule has 2 aliphatic heterocycles. The first-order chi connectivity index (χ1) is 17.7. The first-order valence-electron chi connectivity index (χ1n) is 12.8. The van der Waals surface area contributed by atoms with E-state index in [-0.39, 0.29) is 18.1 Å². The second kappa shape index (κ2) is 10.1. The summed E-state index contributed by atoms with van der Waals surface area (Å²) in [7, 11) is -5.40. The Balaban J connectivity index is 1.19. The van der Waals surface area contributed by atoms with Crippen LogP contribution in [0.15, 0.2) is 18.6 Å². The monoisotopic (exact) mass is 550 g/mol. The van der Waals surface area contributed by atoms with Gasteiger partial charge in [0.1, 0.15) is 17.8 Å². The third-order valence-corrected chi connectivity index (χ3v) is 11.9. The molecule has 0 amide bonds. The smallest absolute Gasteiger partial charge is 0.282 e. The highest BCUT2D eigenvalue weighted by atomic mass is 32.2. The van der Waals surface area contributed by atoms with Crippen molar-refractivity contribution in [3.8, 4) is 6.07 Å². The van der Waals surface area contributed by atoms with Crippen molar-refractivity contribution in [2.75, 3.05) is 57.0 Å². The van der Waals surface area contributed by atoms with E-state index >= 15 is 0 Å². The molecule has 0 atom stereocenters. The molecule has 2 aromatic rings. The molecule has 14 heteroatoms. The summed E-state index contributed by atoms with van der Waals surface area (Å²) in [6.45, 7) is 2.69. The number of unbranched alkanes of at least 4 members (excludes halogenated alkanes) is 1.